The number of hydrogen-bond acceptors (Lipinski definition) is 4. The summed E-state index contributed by atoms with van der Waals surface area (Å²) in [6, 6.07) is 2.69. The number of hydrogen-bond donors (Lipinski definition) is 1. The summed E-state index contributed by atoms with van der Waals surface area (Å²) < 4.78 is 0. The molecule has 5 heteroatoms. The van der Waals surface area contributed by atoms with Crippen molar-refractivity contribution in [2.75, 3.05) is 20.1 Å². The normalized spacial score (nSPS) is 25.0. The van der Waals surface area contributed by atoms with Crippen molar-refractivity contribution in [3.05, 3.63) is 22.4 Å². The molecule has 1 aliphatic carbocycles. The number of nitrogens with one attached hydrogen (secondary N) is 1. The zero-order chi connectivity index (χ0) is 15.0. The quantitative estimate of drug-likeness (QED) is 0.877. The molecule has 0 radical (unpaired) electrons. The van der Waals surface area contributed by atoms with Gasteiger partial charge in [0, 0.05) is 19.1 Å². The number of carbonyl (C=O) groups excluding carboxylic acids is 1. The maximum Gasteiger partial charge on any atom is 0.244 e. The Hall–Kier alpha value is -0.910. The fourth-order valence-corrected chi connectivity index (χ4v) is 3.68. The molecule has 2 unspecified atom stereocenters. The predicted molar refractivity (Wildman–Crippen MR) is 86.3 cm³/mol. The summed E-state index contributed by atoms with van der Waals surface area (Å²) in [5.74, 6) is 0.302. The standard InChI is InChI=1S/C16H25N3OS/c1-4-12(2)18(3)8-9-19-14(13-5-10-21-11-13)17-16(6-7-16)15(19)20/h5,10-12,14,17H,4,6-9H2,1-3H3. The highest BCUT2D eigenvalue weighted by Gasteiger charge is 2.59. The van der Waals surface area contributed by atoms with Crippen LogP contribution in [0.3, 0.4) is 0 Å². The van der Waals surface area contributed by atoms with E-state index < -0.39 is 0 Å². The maximum absolute atomic E-state index is 12.7. The van der Waals surface area contributed by atoms with Crippen molar-refractivity contribution < 1.29 is 4.79 Å². The molecule has 2 heterocycles. The lowest BCUT2D eigenvalue weighted by atomic mass is 10.2. The molecular formula is C16H25N3OS. The van der Waals surface area contributed by atoms with Gasteiger partial charge in [0.2, 0.25) is 5.91 Å². The van der Waals surface area contributed by atoms with E-state index >= 15 is 0 Å². The Morgan fingerprint density at radius 1 is 1.57 bits per heavy atom. The molecule has 116 valence electrons. The number of thiophene rings is 1. The van der Waals surface area contributed by atoms with E-state index in [1.807, 2.05) is 4.90 Å². The number of rotatable bonds is 6. The van der Waals surface area contributed by atoms with Crippen LogP contribution in [0.15, 0.2) is 16.8 Å². The number of amides is 1. The van der Waals surface area contributed by atoms with Gasteiger partial charge >= 0.3 is 0 Å². The topological polar surface area (TPSA) is 35.6 Å². The predicted octanol–water partition coefficient (Wildman–Crippen LogP) is 2.44. The van der Waals surface area contributed by atoms with Crippen LogP contribution in [0.4, 0.5) is 0 Å². The Kier molecular flexibility index (Phi) is 4.08. The van der Waals surface area contributed by atoms with Gasteiger partial charge in [-0.3, -0.25) is 10.1 Å². The molecule has 1 saturated carbocycles. The van der Waals surface area contributed by atoms with Crippen LogP contribution in [0.25, 0.3) is 0 Å². The monoisotopic (exact) mass is 307 g/mol. The van der Waals surface area contributed by atoms with E-state index in [9.17, 15) is 4.79 Å². The van der Waals surface area contributed by atoms with Gasteiger partial charge in [0.25, 0.3) is 0 Å². The number of nitrogens with zero attached hydrogens (tertiary/aromatic N) is 2. The van der Waals surface area contributed by atoms with Crippen LogP contribution < -0.4 is 5.32 Å². The van der Waals surface area contributed by atoms with Gasteiger partial charge in [-0.1, -0.05) is 6.92 Å². The molecule has 1 amide bonds. The summed E-state index contributed by atoms with van der Waals surface area (Å²) in [7, 11) is 2.15. The first kappa shape index (κ1) is 15.0. The highest BCUT2D eigenvalue weighted by atomic mass is 32.1. The first-order valence-electron chi connectivity index (χ1n) is 7.88. The van der Waals surface area contributed by atoms with Gasteiger partial charge in [-0.15, -0.1) is 0 Å². The van der Waals surface area contributed by atoms with E-state index in [1.54, 1.807) is 11.3 Å². The minimum Gasteiger partial charge on any atom is -0.320 e. The Bertz CT molecular complexity index is 498. The molecule has 2 aliphatic rings. The van der Waals surface area contributed by atoms with Crippen molar-refractivity contribution in [1.82, 2.24) is 15.1 Å². The minimum absolute atomic E-state index is 0.0663. The lowest BCUT2D eigenvalue weighted by molar-refractivity contribution is -0.131. The molecule has 1 aliphatic heterocycles. The molecule has 1 saturated heterocycles. The molecule has 0 bridgehead atoms. The highest BCUT2D eigenvalue weighted by molar-refractivity contribution is 7.07. The van der Waals surface area contributed by atoms with Crippen molar-refractivity contribution >= 4 is 17.2 Å². The zero-order valence-corrected chi connectivity index (χ0v) is 13.9. The van der Waals surface area contributed by atoms with Crippen LogP contribution in [0.2, 0.25) is 0 Å². The summed E-state index contributed by atoms with van der Waals surface area (Å²) in [6.45, 7) is 6.17. The average molecular weight is 307 g/mol. The van der Waals surface area contributed by atoms with E-state index in [1.165, 1.54) is 5.56 Å². The SMILES string of the molecule is CCC(C)N(C)CCN1C(=O)C2(CC2)NC1c1ccsc1. The van der Waals surface area contributed by atoms with Crippen LogP contribution in [-0.2, 0) is 4.79 Å². The Morgan fingerprint density at radius 2 is 2.33 bits per heavy atom. The summed E-state index contributed by atoms with van der Waals surface area (Å²) in [5, 5.41) is 7.81. The van der Waals surface area contributed by atoms with Crippen molar-refractivity contribution in [1.29, 1.82) is 0 Å². The maximum atomic E-state index is 12.7. The molecular weight excluding hydrogens is 282 g/mol. The van der Waals surface area contributed by atoms with Crippen molar-refractivity contribution in [3.63, 3.8) is 0 Å². The second kappa shape index (κ2) is 5.71. The molecule has 2 atom stereocenters. The lowest BCUT2D eigenvalue weighted by Gasteiger charge is -2.29. The van der Waals surface area contributed by atoms with Gasteiger partial charge in [-0.05, 0) is 55.6 Å². The molecule has 1 aromatic rings. The number of likely N-dealkylation sites (N-methyl/N-ethyl adjacent to an activating group) is 1. The summed E-state index contributed by atoms with van der Waals surface area (Å²) in [6.07, 6.45) is 3.19. The lowest BCUT2D eigenvalue weighted by Crippen LogP contribution is -2.40. The minimum atomic E-state index is -0.235. The fourth-order valence-electron chi connectivity index (χ4n) is 3.00. The zero-order valence-electron chi connectivity index (χ0n) is 13.1. The molecule has 1 aromatic heterocycles. The van der Waals surface area contributed by atoms with Gasteiger partial charge in [0.15, 0.2) is 0 Å². The third-order valence-electron chi connectivity index (χ3n) is 5.04. The second-order valence-electron chi connectivity index (χ2n) is 6.42. The van der Waals surface area contributed by atoms with Crippen molar-refractivity contribution in [3.8, 4) is 0 Å². The van der Waals surface area contributed by atoms with E-state index in [2.05, 4.69) is 47.9 Å². The summed E-state index contributed by atoms with van der Waals surface area (Å²) in [5.41, 5.74) is 0.991. The second-order valence-corrected chi connectivity index (χ2v) is 7.20. The van der Waals surface area contributed by atoms with E-state index in [0.717, 1.165) is 32.4 Å². The van der Waals surface area contributed by atoms with Gasteiger partial charge in [-0.2, -0.15) is 11.3 Å². The van der Waals surface area contributed by atoms with E-state index in [0.29, 0.717) is 11.9 Å². The largest absolute Gasteiger partial charge is 0.320 e. The molecule has 1 spiro atoms. The van der Waals surface area contributed by atoms with Gasteiger partial charge in [-0.25, -0.2) is 0 Å². The Morgan fingerprint density at radius 3 is 2.90 bits per heavy atom. The molecule has 1 N–H and O–H groups in total. The first-order valence-corrected chi connectivity index (χ1v) is 8.83. The van der Waals surface area contributed by atoms with Crippen LogP contribution in [0.1, 0.15) is 44.8 Å². The van der Waals surface area contributed by atoms with Gasteiger partial charge in [0.1, 0.15) is 11.7 Å². The Balaban J connectivity index is 1.70. The molecule has 3 rings (SSSR count). The number of carbonyl (C=O) groups is 1. The van der Waals surface area contributed by atoms with Crippen LogP contribution in [0, 0.1) is 0 Å². The summed E-state index contributed by atoms with van der Waals surface area (Å²) >= 11 is 1.69. The third-order valence-corrected chi connectivity index (χ3v) is 5.74. The van der Waals surface area contributed by atoms with Gasteiger partial charge < -0.3 is 9.80 Å². The van der Waals surface area contributed by atoms with Gasteiger partial charge in [0.05, 0.1) is 0 Å². The van der Waals surface area contributed by atoms with Crippen molar-refractivity contribution in [2.24, 2.45) is 0 Å². The van der Waals surface area contributed by atoms with E-state index in [4.69, 9.17) is 0 Å². The van der Waals surface area contributed by atoms with Crippen molar-refractivity contribution in [2.45, 2.75) is 50.9 Å². The Labute approximate surface area is 131 Å². The van der Waals surface area contributed by atoms with Crippen LogP contribution in [0.5, 0.6) is 0 Å². The molecule has 4 nitrogen and oxygen atoms in total. The first-order chi connectivity index (χ1) is 10.1. The fraction of sp³-hybridized carbons (Fsp3) is 0.688. The molecule has 21 heavy (non-hydrogen) atoms. The van der Waals surface area contributed by atoms with Crippen LogP contribution in [-0.4, -0.2) is 47.4 Å². The smallest absolute Gasteiger partial charge is 0.244 e. The summed E-state index contributed by atoms with van der Waals surface area (Å²) in [4.78, 5) is 17.1. The van der Waals surface area contributed by atoms with E-state index in [-0.39, 0.29) is 11.7 Å². The third kappa shape index (κ3) is 2.74. The molecule has 0 aromatic carbocycles. The molecule has 2 fully saturated rings. The average Bonchev–Trinajstić information content (AvgIpc) is 2.96. The van der Waals surface area contributed by atoms with Crippen LogP contribution >= 0.6 is 11.3 Å². The highest BCUT2D eigenvalue weighted by Crippen LogP contribution is 2.46.